The molecule has 1 aliphatic heterocycles. The summed E-state index contributed by atoms with van der Waals surface area (Å²) in [6, 6.07) is 0. The van der Waals surface area contributed by atoms with Gasteiger partial charge in [0.15, 0.2) is 5.65 Å². The van der Waals surface area contributed by atoms with Crippen LogP contribution in [-0.4, -0.2) is 99.0 Å². The monoisotopic (exact) mass is 596 g/mol. The van der Waals surface area contributed by atoms with Crippen molar-refractivity contribution in [2.24, 2.45) is 11.8 Å². The van der Waals surface area contributed by atoms with Crippen LogP contribution in [0.25, 0.3) is 11.0 Å². The van der Waals surface area contributed by atoms with E-state index in [1.54, 1.807) is 24.8 Å². The van der Waals surface area contributed by atoms with Gasteiger partial charge in [-0.15, -0.1) is 11.3 Å². The normalized spacial score (nSPS) is 20.3. The molecular weight excluding hydrogens is 548 g/mol. The standard InChI is InChI=1S/C31H48N8O2S/c1-22(2)29-35-25(20-42-29)19-39-28-26(17-34-39)27(32-21-33-28)36-11-13-37(14-12-36)30(40)24-9-7-23(8-10-24)18-38(15-16-41-6)31(3,4)5/h17,20-24H,7-16,18-19H2,1-6H3. The Morgan fingerprint density at radius 3 is 2.50 bits per heavy atom. The average Bonchev–Trinajstić information content (AvgIpc) is 3.62. The van der Waals surface area contributed by atoms with Gasteiger partial charge in [0.1, 0.15) is 12.1 Å². The minimum atomic E-state index is 0.123. The Morgan fingerprint density at radius 1 is 1.12 bits per heavy atom. The molecule has 230 valence electrons. The number of methoxy groups -OCH3 is 1. The molecule has 0 N–H and O–H groups in total. The van der Waals surface area contributed by atoms with Crippen molar-refractivity contribution in [3.8, 4) is 0 Å². The minimum Gasteiger partial charge on any atom is -0.383 e. The molecule has 0 atom stereocenters. The van der Waals surface area contributed by atoms with Crippen molar-refractivity contribution < 1.29 is 9.53 Å². The first kappa shape index (κ1) is 30.8. The summed E-state index contributed by atoms with van der Waals surface area (Å²) in [7, 11) is 1.77. The number of aromatic nitrogens is 5. The number of anilines is 1. The molecule has 1 amide bonds. The third kappa shape index (κ3) is 7.11. The van der Waals surface area contributed by atoms with Crippen molar-refractivity contribution in [1.29, 1.82) is 0 Å². The first-order valence-electron chi connectivity index (χ1n) is 15.5. The van der Waals surface area contributed by atoms with E-state index in [-0.39, 0.29) is 11.5 Å². The minimum absolute atomic E-state index is 0.123. The number of carbonyl (C=O) groups excluding carboxylic acids is 1. The smallest absolute Gasteiger partial charge is 0.225 e. The van der Waals surface area contributed by atoms with E-state index in [9.17, 15) is 4.79 Å². The van der Waals surface area contributed by atoms with Crippen molar-refractivity contribution in [3.05, 3.63) is 28.6 Å². The predicted molar refractivity (Wildman–Crippen MR) is 168 cm³/mol. The highest BCUT2D eigenvalue weighted by Crippen LogP contribution is 2.33. The van der Waals surface area contributed by atoms with Crippen LogP contribution >= 0.6 is 11.3 Å². The second kappa shape index (κ2) is 13.3. The molecule has 0 spiro atoms. The van der Waals surface area contributed by atoms with E-state index in [1.807, 2.05) is 10.9 Å². The van der Waals surface area contributed by atoms with Gasteiger partial charge < -0.3 is 14.5 Å². The predicted octanol–water partition coefficient (Wildman–Crippen LogP) is 4.66. The maximum Gasteiger partial charge on any atom is 0.225 e. The lowest BCUT2D eigenvalue weighted by Gasteiger charge is -2.41. The van der Waals surface area contributed by atoms with E-state index in [4.69, 9.17) is 9.72 Å². The zero-order valence-corrected chi connectivity index (χ0v) is 27.1. The lowest BCUT2D eigenvalue weighted by Crippen LogP contribution is -2.51. The maximum atomic E-state index is 13.5. The second-order valence-corrected chi connectivity index (χ2v) is 14.1. The lowest BCUT2D eigenvalue weighted by atomic mass is 9.80. The molecule has 10 nitrogen and oxygen atoms in total. The molecule has 42 heavy (non-hydrogen) atoms. The van der Waals surface area contributed by atoms with Gasteiger partial charge in [0.05, 0.1) is 35.4 Å². The Bertz CT molecular complexity index is 1320. The van der Waals surface area contributed by atoms with Gasteiger partial charge >= 0.3 is 0 Å². The number of rotatable bonds is 10. The van der Waals surface area contributed by atoms with Gasteiger partial charge in [-0.2, -0.15) is 5.10 Å². The van der Waals surface area contributed by atoms with Crippen LogP contribution in [0.5, 0.6) is 0 Å². The Morgan fingerprint density at radius 2 is 1.86 bits per heavy atom. The van der Waals surface area contributed by atoms with E-state index in [0.717, 1.165) is 99.1 Å². The van der Waals surface area contributed by atoms with E-state index in [2.05, 4.69) is 69.8 Å². The number of hydrogen-bond acceptors (Lipinski definition) is 9. The van der Waals surface area contributed by atoms with Gasteiger partial charge in [0, 0.05) is 69.1 Å². The van der Waals surface area contributed by atoms with Gasteiger partial charge in [-0.05, 0) is 52.4 Å². The molecule has 0 unspecified atom stereocenters. The van der Waals surface area contributed by atoms with Crippen LogP contribution < -0.4 is 4.90 Å². The molecule has 2 aliphatic rings. The number of carbonyl (C=O) groups is 1. The first-order chi connectivity index (χ1) is 20.1. The van der Waals surface area contributed by atoms with Gasteiger partial charge in [0.2, 0.25) is 5.91 Å². The number of ether oxygens (including phenoxy) is 1. The molecule has 0 bridgehead atoms. The molecule has 0 aromatic carbocycles. The summed E-state index contributed by atoms with van der Waals surface area (Å²) < 4.78 is 7.26. The summed E-state index contributed by atoms with van der Waals surface area (Å²) in [5.41, 5.74) is 1.95. The van der Waals surface area contributed by atoms with Crippen molar-refractivity contribution in [1.82, 2.24) is 34.5 Å². The van der Waals surface area contributed by atoms with Crippen LogP contribution in [-0.2, 0) is 16.1 Å². The highest BCUT2D eigenvalue weighted by atomic mass is 32.1. The molecule has 11 heteroatoms. The Labute approximate surface area is 254 Å². The molecule has 3 aromatic rings. The fourth-order valence-electron chi connectivity index (χ4n) is 6.26. The number of hydrogen-bond donors (Lipinski definition) is 0. The quantitative estimate of drug-likeness (QED) is 0.334. The van der Waals surface area contributed by atoms with Crippen LogP contribution in [0.1, 0.15) is 76.9 Å². The maximum absolute atomic E-state index is 13.5. The van der Waals surface area contributed by atoms with E-state index in [1.165, 1.54) is 0 Å². The fourth-order valence-corrected chi connectivity index (χ4v) is 7.09. The Kier molecular flexibility index (Phi) is 9.79. The molecule has 0 radical (unpaired) electrons. The molecule has 1 saturated heterocycles. The average molecular weight is 597 g/mol. The Hall–Kier alpha value is -2.63. The highest BCUT2D eigenvalue weighted by Gasteiger charge is 2.33. The molecule has 3 aromatic heterocycles. The molecule has 4 heterocycles. The van der Waals surface area contributed by atoms with Crippen LogP contribution in [0, 0.1) is 11.8 Å². The van der Waals surface area contributed by atoms with E-state index >= 15 is 0 Å². The third-order valence-corrected chi connectivity index (χ3v) is 10.1. The van der Waals surface area contributed by atoms with Crippen LogP contribution in [0.3, 0.4) is 0 Å². The zero-order valence-electron chi connectivity index (χ0n) is 26.3. The van der Waals surface area contributed by atoms with Gasteiger partial charge in [-0.3, -0.25) is 9.69 Å². The zero-order chi connectivity index (χ0) is 29.9. The second-order valence-electron chi connectivity index (χ2n) is 13.2. The summed E-state index contributed by atoms with van der Waals surface area (Å²) in [5, 5.41) is 8.83. The van der Waals surface area contributed by atoms with Crippen molar-refractivity contribution in [3.63, 3.8) is 0 Å². The largest absolute Gasteiger partial charge is 0.383 e. The number of nitrogens with zero attached hydrogens (tertiary/aromatic N) is 8. The Balaban J connectivity index is 1.14. The highest BCUT2D eigenvalue weighted by molar-refractivity contribution is 7.09. The number of amides is 1. The van der Waals surface area contributed by atoms with Crippen molar-refractivity contribution >= 4 is 34.1 Å². The van der Waals surface area contributed by atoms with Crippen molar-refractivity contribution in [2.75, 3.05) is 57.9 Å². The van der Waals surface area contributed by atoms with Crippen LogP contribution in [0.2, 0.25) is 0 Å². The molecule has 1 saturated carbocycles. The van der Waals surface area contributed by atoms with Gasteiger partial charge in [-0.1, -0.05) is 13.8 Å². The van der Waals surface area contributed by atoms with Gasteiger partial charge in [-0.25, -0.2) is 19.6 Å². The summed E-state index contributed by atoms with van der Waals surface area (Å²) in [6.07, 6.45) is 7.73. The number of thiazole rings is 1. The molecule has 5 rings (SSSR count). The summed E-state index contributed by atoms with van der Waals surface area (Å²) in [4.78, 5) is 34.3. The van der Waals surface area contributed by atoms with Crippen LogP contribution in [0.4, 0.5) is 5.82 Å². The van der Waals surface area contributed by atoms with Crippen LogP contribution in [0.15, 0.2) is 17.9 Å². The third-order valence-electron chi connectivity index (χ3n) is 8.87. The first-order valence-corrected chi connectivity index (χ1v) is 16.4. The van der Waals surface area contributed by atoms with E-state index in [0.29, 0.717) is 24.3 Å². The fraction of sp³-hybridized carbons (Fsp3) is 0.710. The topological polar surface area (TPSA) is 92.5 Å². The SMILES string of the molecule is COCCN(CC1CCC(C(=O)N2CCN(c3ncnc4c3cnn4Cc3csc(C(C)C)n3)CC2)CC1)C(C)(C)C. The molecular formula is C31H48N8O2S. The number of piperazine rings is 1. The lowest BCUT2D eigenvalue weighted by molar-refractivity contribution is -0.137. The summed E-state index contributed by atoms with van der Waals surface area (Å²) in [5.74, 6) is 2.46. The van der Waals surface area contributed by atoms with Gasteiger partial charge in [0.25, 0.3) is 0 Å². The molecule has 2 fully saturated rings. The summed E-state index contributed by atoms with van der Waals surface area (Å²) >= 11 is 1.70. The van der Waals surface area contributed by atoms with E-state index < -0.39 is 0 Å². The summed E-state index contributed by atoms with van der Waals surface area (Å²) in [6.45, 7) is 17.5. The number of fused-ring (bicyclic) bond motifs is 1. The van der Waals surface area contributed by atoms with Crippen molar-refractivity contribution in [2.45, 2.75) is 78.3 Å². The molecule has 1 aliphatic carbocycles.